The molecule has 2 aromatic rings. The number of rotatable bonds is 4. The molecule has 0 spiro atoms. The van der Waals surface area contributed by atoms with Crippen molar-refractivity contribution in [2.24, 2.45) is 0 Å². The molecule has 3 N–H and O–H groups in total. The van der Waals surface area contributed by atoms with Gasteiger partial charge in [0.2, 0.25) is 0 Å². The van der Waals surface area contributed by atoms with Gasteiger partial charge in [0.1, 0.15) is 23.8 Å². The van der Waals surface area contributed by atoms with Gasteiger partial charge in [-0.1, -0.05) is 24.9 Å². The molecule has 0 bridgehead atoms. The highest BCUT2D eigenvalue weighted by Crippen LogP contribution is 2.35. The van der Waals surface area contributed by atoms with Gasteiger partial charge in [0.05, 0.1) is 10.7 Å². The van der Waals surface area contributed by atoms with Crippen molar-refractivity contribution in [1.82, 2.24) is 9.97 Å². The Morgan fingerprint density at radius 1 is 1.40 bits per heavy atom. The molecule has 2 rings (SSSR count). The molecule has 0 amide bonds. The van der Waals surface area contributed by atoms with E-state index < -0.39 is 5.82 Å². The number of benzene rings is 1. The standard InChI is InChI=1S/C13H13BrClFN4/c1-2-3-8-12(17)18-6-19-13(8)20-11-9(14)4-7(16)5-10(11)15/h4-6H,2-3H2,1H3,(H3,17,18,19,20). The van der Waals surface area contributed by atoms with Crippen LogP contribution in [0.2, 0.25) is 5.02 Å². The lowest BCUT2D eigenvalue weighted by Gasteiger charge is -2.14. The summed E-state index contributed by atoms with van der Waals surface area (Å²) in [6.07, 6.45) is 3.03. The number of hydrogen-bond donors (Lipinski definition) is 2. The highest BCUT2D eigenvalue weighted by molar-refractivity contribution is 9.10. The van der Waals surface area contributed by atoms with Crippen LogP contribution in [0.3, 0.4) is 0 Å². The van der Waals surface area contributed by atoms with Gasteiger partial charge in [0.25, 0.3) is 0 Å². The largest absolute Gasteiger partial charge is 0.383 e. The van der Waals surface area contributed by atoms with Crippen LogP contribution in [0.15, 0.2) is 22.9 Å². The zero-order valence-electron chi connectivity index (χ0n) is 10.8. The maximum atomic E-state index is 13.2. The third-order valence-electron chi connectivity index (χ3n) is 2.73. The minimum absolute atomic E-state index is 0.261. The Bertz CT molecular complexity index is 613. The molecule has 1 aromatic heterocycles. The Morgan fingerprint density at radius 2 is 2.15 bits per heavy atom. The minimum atomic E-state index is -0.414. The zero-order chi connectivity index (χ0) is 14.7. The zero-order valence-corrected chi connectivity index (χ0v) is 13.1. The monoisotopic (exact) mass is 358 g/mol. The Hall–Kier alpha value is -1.40. The lowest BCUT2D eigenvalue weighted by atomic mass is 10.1. The molecule has 0 aliphatic rings. The molecule has 0 fully saturated rings. The quantitative estimate of drug-likeness (QED) is 0.854. The fourth-order valence-corrected chi connectivity index (χ4v) is 2.71. The van der Waals surface area contributed by atoms with Gasteiger partial charge in [-0.15, -0.1) is 0 Å². The molecule has 0 radical (unpaired) electrons. The van der Waals surface area contributed by atoms with Crippen LogP contribution in [0.5, 0.6) is 0 Å². The van der Waals surface area contributed by atoms with Crippen LogP contribution in [0, 0.1) is 5.82 Å². The first-order chi connectivity index (χ1) is 9.52. The molecule has 0 unspecified atom stereocenters. The Balaban J connectivity index is 2.43. The van der Waals surface area contributed by atoms with Crippen LogP contribution in [0.4, 0.5) is 21.7 Å². The summed E-state index contributed by atoms with van der Waals surface area (Å²) in [5, 5.41) is 3.35. The van der Waals surface area contributed by atoms with E-state index in [9.17, 15) is 4.39 Å². The minimum Gasteiger partial charge on any atom is -0.383 e. The first-order valence-electron chi connectivity index (χ1n) is 6.03. The first kappa shape index (κ1) is 15.0. The second-order valence-electron chi connectivity index (χ2n) is 4.21. The van der Waals surface area contributed by atoms with E-state index in [-0.39, 0.29) is 5.02 Å². The van der Waals surface area contributed by atoms with Gasteiger partial charge in [0.15, 0.2) is 0 Å². The summed E-state index contributed by atoms with van der Waals surface area (Å²) < 4.78 is 13.7. The highest BCUT2D eigenvalue weighted by atomic mass is 79.9. The molecule has 0 saturated carbocycles. The Labute approximate surface area is 129 Å². The molecule has 0 aliphatic heterocycles. The van der Waals surface area contributed by atoms with Gasteiger partial charge in [-0.3, -0.25) is 0 Å². The van der Waals surface area contributed by atoms with Crippen molar-refractivity contribution in [3.63, 3.8) is 0 Å². The molecular weight excluding hydrogens is 347 g/mol. The molecule has 0 saturated heterocycles. The van der Waals surface area contributed by atoms with Gasteiger partial charge in [-0.2, -0.15) is 0 Å². The average molecular weight is 360 g/mol. The molecule has 0 atom stereocenters. The van der Waals surface area contributed by atoms with Gasteiger partial charge >= 0.3 is 0 Å². The molecule has 7 heteroatoms. The van der Waals surface area contributed by atoms with Gasteiger partial charge in [0, 0.05) is 10.0 Å². The maximum absolute atomic E-state index is 13.2. The van der Waals surface area contributed by atoms with Gasteiger partial charge in [-0.05, 0) is 34.5 Å². The van der Waals surface area contributed by atoms with E-state index in [2.05, 4.69) is 31.2 Å². The van der Waals surface area contributed by atoms with Gasteiger partial charge in [-0.25, -0.2) is 14.4 Å². The topological polar surface area (TPSA) is 63.8 Å². The predicted molar refractivity (Wildman–Crippen MR) is 82.8 cm³/mol. The fraction of sp³-hybridized carbons (Fsp3) is 0.231. The van der Waals surface area contributed by atoms with Gasteiger partial charge < -0.3 is 11.1 Å². The van der Waals surface area contributed by atoms with E-state index in [4.69, 9.17) is 17.3 Å². The molecule has 0 aliphatic carbocycles. The molecule has 106 valence electrons. The summed E-state index contributed by atoms with van der Waals surface area (Å²) in [5.41, 5.74) is 7.23. The molecule has 20 heavy (non-hydrogen) atoms. The third-order valence-corrected chi connectivity index (χ3v) is 3.65. The number of halogens is 3. The van der Waals surface area contributed by atoms with Crippen molar-refractivity contribution in [1.29, 1.82) is 0 Å². The molecule has 1 heterocycles. The fourth-order valence-electron chi connectivity index (χ4n) is 1.81. The summed E-state index contributed by atoms with van der Waals surface area (Å²) in [6.45, 7) is 2.04. The van der Waals surface area contributed by atoms with Crippen molar-refractivity contribution >= 4 is 44.9 Å². The number of anilines is 3. The summed E-state index contributed by atoms with van der Waals surface area (Å²) in [6, 6.07) is 2.57. The number of nitrogens with two attached hydrogens (primary N) is 1. The van der Waals surface area contributed by atoms with Crippen LogP contribution in [-0.4, -0.2) is 9.97 Å². The predicted octanol–water partition coefficient (Wildman–Crippen LogP) is 4.31. The van der Waals surface area contributed by atoms with Crippen molar-refractivity contribution in [2.45, 2.75) is 19.8 Å². The smallest absolute Gasteiger partial charge is 0.139 e. The van der Waals surface area contributed by atoms with Crippen LogP contribution >= 0.6 is 27.5 Å². The molecular formula is C13H13BrClFN4. The van der Waals surface area contributed by atoms with E-state index in [1.54, 1.807) is 0 Å². The number of hydrogen-bond acceptors (Lipinski definition) is 4. The average Bonchev–Trinajstić information content (AvgIpc) is 2.37. The van der Waals surface area contributed by atoms with Crippen LogP contribution in [0.25, 0.3) is 0 Å². The SMILES string of the molecule is CCCc1c(N)ncnc1Nc1c(Cl)cc(F)cc1Br. The van der Waals surface area contributed by atoms with Crippen molar-refractivity contribution in [3.05, 3.63) is 39.3 Å². The first-order valence-corrected chi connectivity index (χ1v) is 7.21. The normalized spacial score (nSPS) is 10.6. The Kier molecular flexibility index (Phi) is 4.77. The second kappa shape index (κ2) is 6.37. The lowest BCUT2D eigenvalue weighted by Crippen LogP contribution is -2.06. The maximum Gasteiger partial charge on any atom is 0.139 e. The van der Waals surface area contributed by atoms with E-state index in [1.807, 2.05) is 6.92 Å². The van der Waals surface area contributed by atoms with E-state index in [0.717, 1.165) is 18.4 Å². The van der Waals surface area contributed by atoms with Crippen molar-refractivity contribution in [3.8, 4) is 0 Å². The molecule has 1 aromatic carbocycles. The third kappa shape index (κ3) is 3.19. The number of nitrogens with zero attached hydrogens (tertiary/aromatic N) is 2. The van der Waals surface area contributed by atoms with Crippen LogP contribution in [-0.2, 0) is 6.42 Å². The van der Waals surface area contributed by atoms with E-state index >= 15 is 0 Å². The van der Waals surface area contributed by atoms with Crippen LogP contribution < -0.4 is 11.1 Å². The van der Waals surface area contributed by atoms with E-state index in [1.165, 1.54) is 18.5 Å². The Morgan fingerprint density at radius 3 is 2.80 bits per heavy atom. The summed E-state index contributed by atoms with van der Waals surface area (Å²) >= 11 is 9.32. The number of nitrogens with one attached hydrogen (secondary N) is 1. The van der Waals surface area contributed by atoms with Crippen molar-refractivity contribution in [2.75, 3.05) is 11.1 Å². The second-order valence-corrected chi connectivity index (χ2v) is 5.47. The van der Waals surface area contributed by atoms with Crippen molar-refractivity contribution < 1.29 is 4.39 Å². The highest BCUT2D eigenvalue weighted by Gasteiger charge is 2.13. The number of nitrogen functional groups attached to an aromatic ring is 1. The van der Waals surface area contributed by atoms with E-state index in [0.29, 0.717) is 21.8 Å². The number of aromatic nitrogens is 2. The summed E-state index contributed by atoms with van der Waals surface area (Å²) in [4.78, 5) is 8.16. The van der Waals surface area contributed by atoms with Crippen LogP contribution in [0.1, 0.15) is 18.9 Å². The summed E-state index contributed by atoms with van der Waals surface area (Å²) in [5.74, 6) is 0.593. The lowest BCUT2D eigenvalue weighted by molar-refractivity contribution is 0.627. The molecule has 4 nitrogen and oxygen atoms in total. The summed E-state index contributed by atoms with van der Waals surface area (Å²) in [7, 11) is 0.